The quantitative estimate of drug-likeness (QED) is 0.287. The number of nitrogens with zero attached hydrogens (tertiary/aromatic N) is 1. The summed E-state index contributed by atoms with van der Waals surface area (Å²) in [7, 11) is 1.54. The Bertz CT molecular complexity index is 603. The molecule has 1 aliphatic rings. The number of hydrazone groups is 1. The van der Waals surface area contributed by atoms with Gasteiger partial charge in [0.05, 0.1) is 18.5 Å². The zero-order valence-corrected chi connectivity index (χ0v) is 10.3. The van der Waals surface area contributed by atoms with Crippen LogP contribution in [0.2, 0.25) is 0 Å². The molecule has 19 heavy (non-hydrogen) atoms. The fourth-order valence-corrected chi connectivity index (χ4v) is 1.50. The molecule has 0 heterocycles. The molecule has 0 saturated heterocycles. The first-order valence-electron chi connectivity index (χ1n) is 5.55. The van der Waals surface area contributed by atoms with Crippen LogP contribution in [0.25, 0.3) is 0 Å². The van der Waals surface area contributed by atoms with E-state index in [1.807, 2.05) is 0 Å². The van der Waals surface area contributed by atoms with Crippen molar-refractivity contribution in [3.8, 4) is 5.75 Å². The van der Waals surface area contributed by atoms with Gasteiger partial charge in [0.1, 0.15) is 17.2 Å². The third kappa shape index (κ3) is 2.92. The summed E-state index contributed by atoms with van der Waals surface area (Å²) in [4.78, 5) is 0. The molecule has 0 atom stereocenters. The predicted octanol–water partition coefficient (Wildman–Crippen LogP) is 1.86. The van der Waals surface area contributed by atoms with Crippen LogP contribution in [-0.4, -0.2) is 23.6 Å². The Morgan fingerprint density at radius 3 is 2.79 bits per heavy atom. The van der Waals surface area contributed by atoms with Gasteiger partial charge in [-0.2, -0.15) is 5.10 Å². The van der Waals surface area contributed by atoms with E-state index in [0.29, 0.717) is 22.8 Å². The lowest BCUT2D eigenvalue weighted by Gasteiger charge is -2.09. The van der Waals surface area contributed by atoms with Crippen molar-refractivity contribution in [2.75, 3.05) is 18.3 Å². The highest BCUT2D eigenvalue weighted by molar-refractivity contribution is 6.50. The molecule has 0 fully saturated rings. The molecule has 6 nitrogen and oxygen atoms in total. The highest BCUT2D eigenvalue weighted by Crippen LogP contribution is 2.25. The van der Waals surface area contributed by atoms with Gasteiger partial charge in [0.25, 0.3) is 0 Å². The van der Waals surface area contributed by atoms with Gasteiger partial charge in [-0.05, 0) is 24.3 Å². The fraction of sp³-hybridized carbons (Fsp3) is 0.0769. The minimum absolute atomic E-state index is 0.00351. The van der Waals surface area contributed by atoms with Crippen LogP contribution in [0.4, 0.5) is 11.4 Å². The van der Waals surface area contributed by atoms with E-state index in [0.717, 1.165) is 0 Å². The number of anilines is 2. The molecule has 1 aliphatic carbocycles. The van der Waals surface area contributed by atoms with E-state index in [2.05, 4.69) is 10.5 Å². The van der Waals surface area contributed by atoms with Crippen LogP contribution in [-0.2, 0) is 4.74 Å². The minimum Gasteiger partial charge on any atom is -0.506 e. The molecule has 0 aliphatic heterocycles. The fourth-order valence-electron chi connectivity index (χ4n) is 1.50. The van der Waals surface area contributed by atoms with E-state index >= 15 is 0 Å². The molecule has 5 N–H and O–H groups in total. The Morgan fingerprint density at radius 1 is 1.37 bits per heavy atom. The molecule has 0 spiro atoms. The SMILES string of the molecule is COC1=CC(=N)/C(=N\Nc2ccc(N)cc2O)C=C1. The summed E-state index contributed by atoms with van der Waals surface area (Å²) in [6.07, 6.45) is 4.92. The van der Waals surface area contributed by atoms with Gasteiger partial charge in [0, 0.05) is 17.8 Å². The van der Waals surface area contributed by atoms with Gasteiger partial charge < -0.3 is 15.6 Å². The van der Waals surface area contributed by atoms with Crippen molar-refractivity contribution in [2.24, 2.45) is 5.10 Å². The maximum atomic E-state index is 9.65. The molecule has 1 aromatic carbocycles. The lowest BCUT2D eigenvalue weighted by molar-refractivity contribution is 0.307. The van der Waals surface area contributed by atoms with Crippen LogP contribution < -0.4 is 11.2 Å². The number of aromatic hydroxyl groups is 1. The zero-order chi connectivity index (χ0) is 13.8. The van der Waals surface area contributed by atoms with Crippen molar-refractivity contribution in [1.82, 2.24) is 0 Å². The summed E-state index contributed by atoms with van der Waals surface area (Å²) in [6, 6.07) is 4.68. The van der Waals surface area contributed by atoms with Crippen LogP contribution in [0.15, 0.2) is 47.3 Å². The van der Waals surface area contributed by atoms with Gasteiger partial charge >= 0.3 is 0 Å². The lowest BCUT2D eigenvalue weighted by atomic mass is 10.1. The number of nitrogens with one attached hydrogen (secondary N) is 2. The molecule has 98 valence electrons. The largest absolute Gasteiger partial charge is 0.506 e. The highest BCUT2D eigenvalue weighted by atomic mass is 16.5. The van der Waals surface area contributed by atoms with Crippen molar-refractivity contribution >= 4 is 22.8 Å². The Morgan fingerprint density at radius 2 is 2.16 bits per heavy atom. The number of phenols is 1. The van der Waals surface area contributed by atoms with Gasteiger partial charge in [-0.15, -0.1) is 0 Å². The van der Waals surface area contributed by atoms with Crippen LogP contribution >= 0.6 is 0 Å². The Balaban J connectivity index is 2.14. The van der Waals surface area contributed by atoms with Crippen LogP contribution in [0.5, 0.6) is 5.75 Å². The summed E-state index contributed by atoms with van der Waals surface area (Å²) in [6.45, 7) is 0. The number of hydrogen-bond donors (Lipinski definition) is 4. The van der Waals surface area contributed by atoms with Crippen LogP contribution in [0.3, 0.4) is 0 Å². The normalized spacial score (nSPS) is 16.4. The smallest absolute Gasteiger partial charge is 0.142 e. The summed E-state index contributed by atoms with van der Waals surface area (Å²) in [5.74, 6) is 0.600. The van der Waals surface area contributed by atoms with E-state index in [1.165, 1.54) is 13.2 Å². The number of phenolic OH excluding ortho intramolecular Hbond substituents is 1. The topological polar surface area (TPSA) is 104 Å². The molecule has 1 aromatic rings. The predicted molar refractivity (Wildman–Crippen MR) is 75.5 cm³/mol. The maximum Gasteiger partial charge on any atom is 0.142 e. The number of hydrogen-bond acceptors (Lipinski definition) is 6. The summed E-state index contributed by atoms with van der Waals surface area (Å²) >= 11 is 0. The maximum absolute atomic E-state index is 9.65. The van der Waals surface area contributed by atoms with Crippen LogP contribution in [0.1, 0.15) is 0 Å². The number of nitrogen functional groups attached to an aromatic ring is 1. The standard InChI is InChI=1S/C13H14N4O2/c1-19-9-3-5-11(10(15)7-9)16-17-12-4-2-8(14)6-13(12)18/h2-7,15,17-18H,14H2,1H3/b15-10?,16-11-. The van der Waals surface area contributed by atoms with Crippen molar-refractivity contribution < 1.29 is 9.84 Å². The molecule has 0 aromatic heterocycles. The first kappa shape index (κ1) is 12.7. The molecule has 0 unspecified atom stereocenters. The molecule has 0 saturated carbocycles. The van der Waals surface area contributed by atoms with E-state index in [4.69, 9.17) is 15.9 Å². The van der Waals surface area contributed by atoms with Crippen molar-refractivity contribution in [3.63, 3.8) is 0 Å². The summed E-state index contributed by atoms with van der Waals surface area (Å²) < 4.78 is 5.01. The second-order valence-electron chi connectivity index (χ2n) is 3.88. The minimum atomic E-state index is 0.00351. The average Bonchev–Trinajstić information content (AvgIpc) is 2.39. The van der Waals surface area contributed by atoms with E-state index < -0.39 is 0 Å². The molecular weight excluding hydrogens is 244 g/mol. The monoisotopic (exact) mass is 258 g/mol. The second-order valence-corrected chi connectivity index (χ2v) is 3.88. The number of benzene rings is 1. The zero-order valence-electron chi connectivity index (χ0n) is 10.3. The van der Waals surface area contributed by atoms with Gasteiger partial charge in [-0.3, -0.25) is 10.8 Å². The Kier molecular flexibility index (Phi) is 3.51. The second kappa shape index (κ2) is 5.26. The number of allylic oxidation sites excluding steroid dienone is 3. The number of methoxy groups -OCH3 is 1. The summed E-state index contributed by atoms with van der Waals surface area (Å²) in [5, 5.41) is 21.5. The van der Waals surface area contributed by atoms with Gasteiger partial charge in [-0.1, -0.05) is 0 Å². The van der Waals surface area contributed by atoms with Gasteiger partial charge in [0.15, 0.2) is 0 Å². The van der Waals surface area contributed by atoms with Crippen molar-refractivity contribution in [2.45, 2.75) is 0 Å². The van der Waals surface area contributed by atoms with E-state index in [9.17, 15) is 5.11 Å². The van der Waals surface area contributed by atoms with E-state index in [-0.39, 0.29) is 11.5 Å². The van der Waals surface area contributed by atoms with Crippen molar-refractivity contribution in [1.29, 1.82) is 5.41 Å². The third-order valence-electron chi connectivity index (χ3n) is 2.52. The molecule has 2 rings (SSSR count). The molecule has 0 bridgehead atoms. The molecule has 0 amide bonds. The number of nitrogens with two attached hydrogens (primary N) is 1. The van der Waals surface area contributed by atoms with Gasteiger partial charge in [-0.25, -0.2) is 0 Å². The Hall–Kier alpha value is -2.76. The van der Waals surface area contributed by atoms with Gasteiger partial charge in [0.2, 0.25) is 0 Å². The first-order valence-corrected chi connectivity index (χ1v) is 5.55. The van der Waals surface area contributed by atoms with Crippen molar-refractivity contribution in [3.05, 3.63) is 42.2 Å². The highest BCUT2D eigenvalue weighted by Gasteiger charge is 2.09. The third-order valence-corrected chi connectivity index (χ3v) is 2.52. The molecule has 0 radical (unpaired) electrons. The lowest BCUT2D eigenvalue weighted by Crippen LogP contribution is -2.14. The molecule has 6 heteroatoms. The average molecular weight is 258 g/mol. The van der Waals surface area contributed by atoms with E-state index in [1.54, 1.807) is 30.4 Å². The first-order chi connectivity index (χ1) is 9.10. The number of rotatable bonds is 3. The summed E-state index contributed by atoms with van der Waals surface area (Å²) in [5.41, 5.74) is 9.77. The molecular formula is C13H14N4O2. The number of ether oxygens (including phenoxy) is 1. The van der Waals surface area contributed by atoms with Crippen LogP contribution in [0, 0.1) is 5.41 Å². The Labute approximate surface area is 110 Å².